The SMILES string of the molecule is CCCCCCOc1c(O)c(O)c(OC(C)c2ccc(C(=O)OC)cc2)c2c(O)c3ccccc3c(O)c12. The van der Waals surface area contributed by atoms with Crippen LogP contribution < -0.4 is 9.47 Å². The minimum absolute atomic E-state index is 0.0121. The maximum Gasteiger partial charge on any atom is 0.337 e. The lowest BCUT2D eigenvalue weighted by Gasteiger charge is -2.22. The Morgan fingerprint density at radius 1 is 0.789 bits per heavy atom. The van der Waals surface area contributed by atoms with Gasteiger partial charge in [-0.15, -0.1) is 0 Å². The van der Waals surface area contributed by atoms with Crippen molar-refractivity contribution in [3.05, 3.63) is 59.7 Å². The largest absolute Gasteiger partial charge is 0.506 e. The summed E-state index contributed by atoms with van der Waals surface area (Å²) in [6.07, 6.45) is 3.04. The van der Waals surface area contributed by atoms with Crippen LogP contribution in [0.2, 0.25) is 0 Å². The summed E-state index contributed by atoms with van der Waals surface area (Å²) in [5.74, 6) is -2.48. The normalized spacial score (nSPS) is 12.0. The van der Waals surface area contributed by atoms with E-state index in [0.29, 0.717) is 28.3 Å². The Balaban J connectivity index is 1.84. The lowest BCUT2D eigenvalue weighted by Crippen LogP contribution is -2.06. The molecule has 8 heteroatoms. The molecule has 0 aliphatic rings. The van der Waals surface area contributed by atoms with E-state index in [2.05, 4.69) is 6.92 Å². The standard InChI is InChI=1S/C30H32O8/c1-4-5-6-9-16-37-28-22-23(25(32)21-11-8-7-10-20(21)24(22)31)29(27(34)26(28)33)38-17(2)18-12-14-19(15-13-18)30(35)36-3/h7-8,10-15,17,31-34H,4-6,9,16H2,1-3H3. The van der Waals surface area contributed by atoms with Crippen LogP contribution in [-0.4, -0.2) is 40.1 Å². The first kappa shape index (κ1) is 26.7. The van der Waals surface area contributed by atoms with Gasteiger partial charge in [0.05, 0.1) is 30.1 Å². The topological polar surface area (TPSA) is 126 Å². The van der Waals surface area contributed by atoms with Gasteiger partial charge in [0.25, 0.3) is 0 Å². The molecular formula is C30H32O8. The number of esters is 1. The van der Waals surface area contributed by atoms with Crippen molar-refractivity contribution in [3.8, 4) is 34.5 Å². The van der Waals surface area contributed by atoms with Crippen molar-refractivity contribution in [3.63, 3.8) is 0 Å². The number of fused-ring (bicyclic) bond motifs is 2. The summed E-state index contributed by atoms with van der Waals surface area (Å²) in [4.78, 5) is 11.8. The third-order valence-electron chi connectivity index (χ3n) is 6.61. The molecular weight excluding hydrogens is 488 g/mol. The number of rotatable bonds is 10. The third-order valence-corrected chi connectivity index (χ3v) is 6.61. The zero-order valence-corrected chi connectivity index (χ0v) is 21.7. The summed E-state index contributed by atoms with van der Waals surface area (Å²) in [5.41, 5.74) is 1.02. The highest BCUT2D eigenvalue weighted by molar-refractivity contribution is 6.16. The van der Waals surface area contributed by atoms with E-state index in [-0.39, 0.29) is 40.4 Å². The van der Waals surface area contributed by atoms with Crippen LogP contribution in [-0.2, 0) is 4.74 Å². The molecule has 0 fully saturated rings. The van der Waals surface area contributed by atoms with E-state index in [0.717, 1.165) is 19.3 Å². The quantitative estimate of drug-likeness (QED) is 0.0598. The van der Waals surface area contributed by atoms with Gasteiger partial charge in [0.15, 0.2) is 11.5 Å². The molecule has 38 heavy (non-hydrogen) atoms. The summed E-state index contributed by atoms with van der Waals surface area (Å²) in [7, 11) is 1.30. The monoisotopic (exact) mass is 520 g/mol. The van der Waals surface area contributed by atoms with Crippen LogP contribution in [0.5, 0.6) is 34.5 Å². The van der Waals surface area contributed by atoms with Crippen molar-refractivity contribution >= 4 is 27.5 Å². The predicted molar refractivity (Wildman–Crippen MR) is 145 cm³/mol. The Hall–Kier alpha value is -4.33. The van der Waals surface area contributed by atoms with Gasteiger partial charge >= 0.3 is 5.97 Å². The fourth-order valence-corrected chi connectivity index (χ4v) is 4.51. The zero-order valence-electron chi connectivity index (χ0n) is 21.7. The minimum atomic E-state index is -0.677. The average molecular weight is 521 g/mol. The number of phenols is 4. The Bertz CT molecular complexity index is 1460. The minimum Gasteiger partial charge on any atom is -0.506 e. The van der Waals surface area contributed by atoms with E-state index in [1.165, 1.54) is 7.11 Å². The highest BCUT2D eigenvalue weighted by Gasteiger charge is 2.29. The molecule has 0 aliphatic carbocycles. The molecule has 4 aromatic carbocycles. The first-order valence-corrected chi connectivity index (χ1v) is 12.6. The fourth-order valence-electron chi connectivity index (χ4n) is 4.51. The van der Waals surface area contributed by atoms with Crippen LogP contribution in [0, 0.1) is 0 Å². The van der Waals surface area contributed by atoms with E-state index in [1.54, 1.807) is 55.5 Å². The molecule has 1 atom stereocenters. The molecule has 0 saturated heterocycles. The first-order chi connectivity index (χ1) is 18.3. The number of hydrogen-bond donors (Lipinski definition) is 4. The predicted octanol–water partition coefficient (Wildman–Crippen LogP) is 6.70. The molecule has 4 N–H and O–H groups in total. The molecule has 4 rings (SSSR count). The Morgan fingerprint density at radius 3 is 1.95 bits per heavy atom. The molecule has 4 aromatic rings. The highest BCUT2D eigenvalue weighted by Crippen LogP contribution is 2.57. The number of hydrogen-bond acceptors (Lipinski definition) is 8. The second-order valence-electron chi connectivity index (χ2n) is 9.13. The molecule has 0 amide bonds. The van der Waals surface area contributed by atoms with Crippen molar-refractivity contribution in [2.75, 3.05) is 13.7 Å². The lowest BCUT2D eigenvalue weighted by atomic mass is 9.98. The summed E-state index contributed by atoms with van der Waals surface area (Å²) >= 11 is 0. The van der Waals surface area contributed by atoms with E-state index in [4.69, 9.17) is 14.2 Å². The average Bonchev–Trinajstić information content (AvgIpc) is 2.94. The number of benzene rings is 4. The Morgan fingerprint density at radius 2 is 1.37 bits per heavy atom. The lowest BCUT2D eigenvalue weighted by molar-refractivity contribution is 0.0600. The molecule has 0 bridgehead atoms. The molecule has 0 radical (unpaired) electrons. The molecule has 200 valence electrons. The molecule has 1 unspecified atom stereocenters. The zero-order chi connectivity index (χ0) is 27.4. The number of methoxy groups -OCH3 is 1. The van der Waals surface area contributed by atoms with Gasteiger partial charge in [0.1, 0.15) is 17.6 Å². The van der Waals surface area contributed by atoms with Crippen LogP contribution in [0.1, 0.15) is 61.6 Å². The van der Waals surface area contributed by atoms with Crippen molar-refractivity contribution in [2.45, 2.75) is 45.6 Å². The van der Waals surface area contributed by atoms with Crippen LogP contribution >= 0.6 is 0 Å². The third kappa shape index (κ3) is 4.94. The maximum absolute atomic E-state index is 11.8. The number of phenolic OH excluding ortho intramolecular Hbond substituents is 4. The van der Waals surface area contributed by atoms with Crippen LogP contribution in [0.15, 0.2) is 48.5 Å². The van der Waals surface area contributed by atoms with Gasteiger partial charge < -0.3 is 34.6 Å². The molecule has 0 aliphatic heterocycles. The number of ether oxygens (including phenoxy) is 3. The molecule has 0 aromatic heterocycles. The summed E-state index contributed by atoms with van der Waals surface area (Å²) in [5, 5.41) is 45.4. The Labute approximate surface area is 220 Å². The molecule has 8 nitrogen and oxygen atoms in total. The van der Waals surface area contributed by atoms with Crippen LogP contribution in [0.3, 0.4) is 0 Å². The van der Waals surface area contributed by atoms with E-state index in [9.17, 15) is 25.2 Å². The van der Waals surface area contributed by atoms with Gasteiger partial charge in [-0.1, -0.05) is 62.6 Å². The molecule has 0 heterocycles. The van der Waals surface area contributed by atoms with Gasteiger partial charge in [-0.05, 0) is 31.0 Å². The summed E-state index contributed by atoms with van der Waals surface area (Å²) in [6, 6.07) is 13.2. The number of carbonyl (C=O) groups is 1. The van der Waals surface area contributed by atoms with Gasteiger partial charge in [-0.2, -0.15) is 0 Å². The van der Waals surface area contributed by atoms with E-state index < -0.39 is 23.6 Å². The summed E-state index contributed by atoms with van der Waals surface area (Å²) < 4.78 is 16.7. The number of aromatic hydroxyl groups is 4. The second-order valence-corrected chi connectivity index (χ2v) is 9.13. The number of carbonyl (C=O) groups excluding carboxylic acids is 1. The van der Waals surface area contributed by atoms with Gasteiger partial charge in [-0.25, -0.2) is 4.79 Å². The van der Waals surface area contributed by atoms with E-state index >= 15 is 0 Å². The van der Waals surface area contributed by atoms with Crippen LogP contribution in [0.4, 0.5) is 0 Å². The van der Waals surface area contributed by atoms with Crippen molar-refractivity contribution in [2.24, 2.45) is 0 Å². The molecule has 0 saturated carbocycles. The van der Waals surface area contributed by atoms with Crippen LogP contribution in [0.25, 0.3) is 21.5 Å². The highest BCUT2D eigenvalue weighted by atomic mass is 16.5. The molecule has 0 spiro atoms. The Kier molecular flexibility index (Phi) is 8.00. The van der Waals surface area contributed by atoms with Gasteiger partial charge in [0, 0.05) is 10.8 Å². The van der Waals surface area contributed by atoms with Crippen molar-refractivity contribution < 1.29 is 39.4 Å². The van der Waals surface area contributed by atoms with E-state index in [1.807, 2.05) is 0 Å². The maximum atomic E-state index is 11.8. The first-order valence-electron chi connectivity index (χ1n) is 12.6. The van der Waals surface area contributed by atoms with Crippen molar-refractivity contribution in [1.82, 2.24) is 0 Å². The number of unbranched alkanes of at least 4 members (excludes halogenated alkanes) is 3. The van der Waals surface area contributed by atoms with Gasteiger partial charge in [0.2, 0.25) is 11.5 Å². The second kappa shape index (κ2) is 11.4. The smallest absolute Gasteiger partial charge is 0.337 e. The van der Waals surface area contributed by atoms with Gasteiger partial charge in [-0.3, -0.25) is 0 Å². The van der Waals surface area contributed by atoms with Crippen molar-refractivity contribution in [1.29, 1.82) is 0 Å². The fraction of sp³-hybridized carbons (Fsp3) is 0.300. The summed E-state index contributed by atoms with van der Waals surface area (Å²) in [6.45, 7) is 4.06.